The Morgan fingerprint density at radius 1 is 0.900 bits per heavy atom. The zero-order chi connectivity index (χ0) is 14.5. The van der Waals surface area contributed by atoms with Gasteiger partial charge in [-0.1, -0.05) is 19.3 Å². The van der Waals surface area contributed by atoms with Gasteiger partial charge in [0, 0.05) is 0 Å². The van der Waals surface area contributed by atoms with E-state index in [0.717, 1.165) is 37.8 Å². The molecule has 110 valence electrons. The predicted molar refractivity (Wildman–Crippen MR) is 64.2 cm³/mol. The first-order chi connectivity index (χ1) is 9.36. The molecule has 0 N–H and O–H groups in total. The highest BCUT2D eigenvalue weighted by molar-refractivity contribution is 5.31. The van der Waals surface area contributed by atoms with E-state index in [1.54, 1.807) is 0 Å². The summed E-state index contributed by atoms with van der Waals surface area (Å²) >= 11 is 0. The molecule has 2 atom stereocenters. The number of alkyl halides is 3. The van der Waals surface area contributed by atoms with E-state index in [1.165, 1.54) is 6.42 Å². The van der Waals surface area contributed by atoms with Gasteiger partial charge in [-0.3, -0.25) is 0 Å². The molecule has 0 aliphatic heterocycles. The molecule has 3 rings (SSSR count). The first-order valence-electron chi connectivity index (χ1n) is 6.92. The van der Waals surface area contributed by atoms with Crippen LogP contribution in [0.15, 0.2) is 12.1 Å². The third kappa shape index (κ3) is 2.31. The first-order valence-corrected chi connectivity index (χ1v) is 6.92. The van der Waals surface area contributed by atoms with Crippen molar-refractivity contribution in [2.24, 2.45) is 11.8 Å². The van der Waals surface area contributed by atoms with E-state index in [0.29, 0.717) is 17.4 Å². The van der Waals surface area contributed by atoms with Crippen LogP contribution in [0.4, 0.5) is 22.0 Å². The Hall–Kier alpha value is -1.13. The van der Waals surface area contributed by atoms with Gasteiger partial charge in [0.05, 0.1) is 0 Å². The maximum Gasteiger partial charge on any atom is 0.422 e. The third-order valence-electron chi connectivity index (χ3n) is 4.81. The lowest BCUT2D eigenvalue weighted by Crippen LogP contribution is -2.12. The third-order valence-corrected chi connectivity index (χ3v) is 4.81. The summed E-state index contributed by atoms with van der Waals surface area (Å²) in [6.07, 6.45) is 0.153. The van der Waals surface area contributed by atoms with Gasteiger partial charge in [-0.25, -0.2) is 8.78 Å². The Kier molecular flexibility index (Phi) is 3.26. The van der Waals surface area contributed by atoms with Gasteiger partial charge in [-0.2, -0.15) is 13.2 Å². The Bertz CT molecular complexity index is 484. The van der Waals surface area contributed by atoms with Crippen molar-refractivity contribution < 1.29 is 22.0 Å². The zero-order valence-corrected chi connectivity index (χ0v) is 10.8. The van der Waals surface area contributed by atoms with Crippen LogP contribution >= 0.6 is 0 Å². The van der Waals surface area contributed by atoms with Gasteiger partial charge in [0.25, 0.3) is 0 Å². The van der Waals surface area contributed by atoms with Crippen LogP contribution in [0.5, 0.6) is 0 Å². The molecule has 2 fully saturated rings. The number of fused-ring (bicyclic) bond motifs is 1. The quantitative estimate of drug-likeness (QED) is 0.617. The topological polar surface area (TPSA) is 0 Å². The van der Waals surface area contributed by atoms with E-state index in [2.05, 4.69) is 0 Å². The number of benzene rings is 1. The second kappa shape index (κ2) is 4.71. The molecule has 0 nitrogen and oxygen atoms in total. The Balaban J connectivity index is 1.89. The lowest BCUT2D eigenvalue weighted by molar-refractivity contribution is -0.142. The monoisotopic (exact) mass is 290 g/mol. The summed E-state index contributed by atoms with van der Waals surface area (Å²) in [7, 11) is 0. The summed E-state index contributed by atoms with van der Waals surface area (Å²) in [6.45, 7) is 0. The Morgan fingerprint density at radius 3 is 1.85 bits per heavy atom. The van der Waals surface area contributed by atoms with E-state index >= 15 is 0 Å². The molecule has 0 amide bonds. The molecule has 0 spiro atoms. The minimum Gasteiger partial charge on any atom is -0.206 e. The lowest BCUT2D eigenvalue weighted by atomic mass is 9.93. The van der Waals surface area contributed by atoms with Crippen molar-refractivity contribution in [1.82, 2.24) is 0 Å². The highest BCUT2D eigenvalue weighted by Gasteiger charge is 2.41. The molecule has 1 aromatic carbocycles. The molecule has 2 saturated carbocycles. The fourth-order valence-electron chi connectivity index (χ4n) is 3.93. The fourth-order valence-corrected chi connectivity index (χ4v) is 3.93. The molecule has 20 heavy (non-hydrogen) atoms. The molecule has 2 aliphatic rings. The van der Waals surface area contributed by atoms with Crippen LogP contribution in [0.1, 0.15) is 49.1 Å². The minimum absolute atomic E-state index is 0.00316. The number of hydrogen-bond acceptors (Lipinski definition) is 0. The van der Waals surface area contributed by atoms with Gasteiger partial charge >= 0.3 is 6.18 Å². The van der Waals surface area contributed by atoms with Crippen LogP contribution in [0.25, 0.3) is 0 Å². The van der Waals surface area contributed by atoms with Crippen LogP contribution in [-0.2, 0) is 6.18 Å². The van der Waals surface area contributed by atoms with Crippen LogP contribution in [0, 0.1) is 23.5 Å². The van der Waals surface area contributed by atoms with E-state index in [4.69, 9.17) is 0 Å². The van der Waals surface area contributed by atoms with Crippen LogP contribution in [-0.4, -0.2) is 0 Å². The van der Waals surface area contributed by atoms with Crippen LogP contribution < -0.4 is 0 Å². The summed E-state index contributed by atoms with van der Waals surface area (Å²) in [5.41, 5.74) is -1.40. The smallest absolute Gasteiger partial charge is 0.206 e. The van der Waals surface area contributed by atoms with Crippen molar-refractivity contribution in [1.29, 1.82) is 0 Å². The summed E-state index contributed by atoms with van der Waals surface area (Å²) in [5, 5.41) is 0. The minimum atomic E-state index is -4.99. The average Bonchev–Trinajstić information content (AvgIpc) is 2.84. The standard InChI is InChI=1S/C15H15F5/c16-12-6-11(7-13(17)14(12)15(18,19)20)10-4-8-2-1-3-9(8)5-10/h6-10H,1-5H2. The van der Waals surface area contributed by atoms with E-state index in [1.807, 2.05) is 0 Å². The van der Waals surface area contributed by atoms with Crippen LogP contribution in [0.3, 0.4) is 0 Å². The normalized spacial score (nSPS) is 29.8. The fraction of sp³-hybridized carbons (Fsp3) is 0.600. The lowest BCUT2D eigenvalue weighted by Gasteiger charge is -2.15. The first kappa shape index (κ1) is 13.8. The van der Waals surface area contributed by atoms with Gasteiger partial charge < -0.3 is 0 Å². The summed E-state index contributed by atoms with van der Waals surface area (Å²) in [5.74, 6) is -1.84. The van der Waals surface area contributed by atoms with Gasteiger partial charge in [-0.05, 0) is 48.3 Å². The largest absolute Gasteiger partial charge is 0.422 e. The molecule has 0 bridgehead atoms. The highest BCUT2D eigenvalue weighted by Crippen LogP contribution is 2.51. The van der Waals surface area contributed by atoms with E-state index in [-0.39, 0.29) is 5.92 Å². The highest BCUT2D eigenvalue weighted by atomic mass is 19.4. The summed E-state index contributed by atoms with van der Waals surface area (Å²) in [4.78, 5) is 0. The number of rotatable bonds is 1. The second-order valence-corrected chi connectivity index (χ2v) is 5.98. The molecule has 0 saturated heterocycles. The number of halogens is 5. The maximum atomic E-state index is 13.6. The molecular formula is C15H15F5. The number of hydrogen-bond donors (Lipinski definition) is 0. The summed E-state index contributed by atoms with van der Waals surface area (Å²) in [6, 6.07) is 1.75. The van der Waals surface area contributed by atoms with Crippen molar-refractivity contribution in [3.63, 3.8) is 0 Å². The van der Waals surface area contributed by atoms with Gasteiger partial charge in [0.15, 0.2) is 0 Å². The molecule has 0 heterocycles. The molecule has 0 aromatic heterocycles. The van der Waals surface area contributed by atoms with Crippen molar-refractivity contribution >= 4 is 0 Å². The molecule has 5 heteroatoms. The van der Waals surface area contributed by atoms with Gasteiger partial charge in [0.1, 0.15) is 17.2 Å². The van der Waals surface area contributed by atoms with E-state index in [9.17, 15) is 22.0 Å². The Labute approximate surface area is 114 Å². The van der Waals surface area contributed by atoms with Crippen LogP contribution in [0.2, 0.25) is 0 Å². The maximum absolute atomic E-state index is 13.6. The molecule has 2 unspecified atom stereocenters. The second-order valence-electron chi connectivity index (χ2n) is 5.98. The molecule has 2 aliphatic carbocycles. The van der Waals surface area contributed by atoms with E-state index < -0.39 is 23.4 Å². The van der Waals surface area contributed by atoms with Crippen molar-refractivity contribution in [3.05, 3.63) is 34.9 Å². The van der Waals surface area contributed by atoms with Crippen molar-refractivity contribution in [2.75, 3.05) is 0 Å². The van der Waals surface area contributed by atoms with Crippen molar-refractivity contribution in [3.8, 4) is 0 Å². The summed E-state index contributed by atoms with van der Waals surface area (Å²) < 4.78 is 64.8. The van der Waals surface area contributed by atoms with Gasteiger partial charge in [-0.15, -0.1) is 0 Å². The molecule has 0 radical (unpaired) electrons. The Morgan fingerprint density at radius 2 is 1.40 bits per heavy atom. The SMILES string of the molecule is Fc1cc(C2CC3CCCC3C2)cc(F)c1C(F)(F)F. The van der Waals surface area contributed by atoms with Gasteiger partial charge in [0.2, 0.25) is 0 Å². The zero-order valence-electron chi connectivity index (χ0n) is 10.8. The molecular weight excluding hydrogens is 275 g/mol. The van der Waals surface area contributed by atoms with Crippen molar-refractivity contribution in [2.45, 2.75) is 44.2 Å². The average molecular weight is 290 g/mol. The molecule has 1 aromatic rings. The predicted octanol–water partition coefficient (Wildman–Crippen LogP) is 5.28.